The molecule has 0 saturated heterocycles. The van der Waals surface area contributed by atoms with E-state index >= 15 is 0 Å². The Morgan fingerprint density at radius 1 is 0.650 bits per heavy atom. The highest BCUT2D eigenvalue weighted by molar-refractivity contribution is 5.33. The number of hydrogen-bond acceptors (Lipinski definition) is 2. The molecule has 0 atom stereocenters. The fourth-order valence-corrected chi connectivity index (χ4v) is 1.77. The molecule has 0 N–H and O–H groups in total. The molecular formula is C18H24O2. The molecule has 2 heteroatoms. The molecule has 2 aromatic carbocycles. The Balaban J connectivity index is 0.000000289. The van der Waals surface area contributed by atoms with Crippen LogP contribution in [-0.4, -0.2) is 14.2 Å². The number of methoxy groups -OCH3 is 2. The van der Waals surface area contributed by atoms with Crippen LogP contribution in [0.2, 0.25) is 0 Å². The van der Waals surface area contributed by atoms with Gasteiger partial charge in [0.05, 0.1) is 14.2 Å². The Hall–Kier alpha value is -1.96. The fourth-order valence-electron chi connectivity index (χ4n) is 1.77. The van der Waals surface area contributed by atoms with Crippen molar-refractivity contribution >= 4 is 0 Å². The van der Waals surface area contributed by atoms with E-state index in [2.05, 4.69) is 19.9 Å². The molecule has 2 nitrogen and oxygen atoms in total. The average molecular weight is 278 g/mol. The molecular weight excluding hydrogens is 248 g/mol. The van der Waals surface area contributed by atoms with Crippen molar-refractivity contribution in [3.63, 3.8) is 0 Å². The maximum absolute atomic E-state index is 7.24. The second-order valence-electron chi connectivity index (χ2n) is 4.48. The molecule has 2 aromatic rings. The zero-order valence-electron chi connectivity index (χ0n) is 18.3. The Labute approximate surface area is 130 Å². The predicted octanol–water partition coefficient (Wildman–Crippen LogP) is 4.62. The molecule has 0 heterocycles. The fraction of sp³-hybridized carbons (Fsp3) is 0.333. The van der Waals surface area contributed by atoms with E-state index in [9.17, 15) is 0 Å². The van der Waals surface area contributed by atoms with Crippen LogP contribution in [-0.2, 0) is 0 Å². The van der Waals surface area contributed by atoms with Crippen molar-refractivity contribution in [2.75, 3.05) is 14.2 Å². The highest BCUT2D eigenvalue weighted by Gasteiger charge is 1.93. The van der Waals surface area contributed by atoms with Crippen molar-refractivity contribution in [2.24, 2.45) is 0 Å². The summed E-state index contributed by atoms with van der Waals surface area (Å²) >= 11 is 0. The molecule has 0 aliphatic carbocycles. The largest absolute Gasteiger partial charge is 0.497 e. The molecule has 2 rings (SSSR count). The van der Waals surface area contributed by atoms with Crippen LogP contribution in [0.1, 0.15) is 30.5 Å². The molecule has 20 heavy (non-hydrogen) atoms. The minimum atomic E-state index is -2.34. The monoisotopic (exact) mass is 278 g/mol. The van der Waals surface area contributed by atoms with Gasteiger partial charge in [-0.1, -0.05) is 12.1 Å². The van der Waals surface area contributed by atoms with Gasteiger partial charge in [-0.25, -0.2) is 0 Å². The summed E-state index contributed by atoms with van der Waals surface area (Å²) in [5.41, 5.74) is 2.43. The van der Waals surface area contributed by atoms with Crippen LogP contribution in [0.25, 0.3) is 0 Å². The molecule has 0 fully saturated rings. The van der Waals surface area contributed by atoms with Gasteiger partial charge >= 0.3 is 0 Å². The van der Waals surface area contributed by atoms with E-state index in [1.807, 2.05) is 12.1 Å². The SMILES string of the molecule is COc1cc(C)cc(C)c1.[2H]C([2H])([2H])c1cc(OC)cc(C([2H])([2H])[2H])c1. The first-order valence-corrected chi connectivity index (χ1v) is 6.19. The summed E-state index contributed by atoms with van der Waals surface area (Å²) < 4.78 is 53.4. The van der Waals surface area contributed by atoms with E-state index in [1.165, 1.54) is 36.4 Å². The highest BCUT2D eigenvalue weighted by atomic mass is 16.5. The first-order valence-electron chi connectivity index (χ1n) is 9.19. The summed E-state index contributed by atoms with van der Waals surface area (Å²) in [7, 11) is 3.05. The smallest absolute Gasteiger partial charge is 0.119 e. The molecule has 0 saturated carbocycles. The lowest BCUT2D eigenvalue weighted by Crippen LogP contribution is -1.84. The minimum absolute atomic E-state index is 0.0297. The lowest BCUT2D eigenvalue weighted by atomic mass is 10.1. The van der Waals surface area contributed by atoms with Crippen LogP contribution < -0.4 is 9.47 Å². The zero-order valence-corrected chi connectivity index (χ0v) is 12.3. The molecule has 0 unspecified atom stereocenters. The third-order valence-electron chi connectivity index (χ3n) is 2.57. The highest BCUT2D eigenvalue weighted by Crippen LogP contribution is 2.15. The maximum atomic E-state index is 7.24. The molecule has 0 aromatic heterocycles. The number of rotatable bonds is 2. The van der Waals surface area contributed by atoms with Crippen LogP contribution in [0.15, 0.2) is 36.4 Å². The van der Waals surface area contributed by atoms with Crippen LogP contribution >= 0.6 is 0 Å². The topological polar surface area (TPSA) is 18.5 Å². The van der Waals surface area contributed by atoms with Crippen molar-refractivity contribution in [1.82, 2.24) is 0 Å². The molecule has 0 aliphatic rings. The lowest BCUT2D eigenvalue weighted by Gasteiger charge is -2.01. The average Bonchev–Trinajstić information content (AvgIpc) is 2.52. The Kier molecular flexibility index (Phi) is 3.44. The second-order valence-corrected chi connectivity index (χ2v) is 4.48. The maximum Gasteiger partial charge on any atom is 0.119 e. The summed E-state index contributed by atoms with van der Waals surface area (Å²) in [5.74, 6) is 1.18. The summed E-state index contributed by atoms with van der Waals surface area (Å²) in [6.07, 6.45) is 0. The molecule has 108 valence electrons. The zero-order chi connectivity index (χ0) is 20.1. The Bertz CT molecular complexity index is 683. The Morgan fingerprint density at radius 3 is 1.35 bits per heavy atom. The van der Waals surface area contributed by atoms with E-state index in [0.29, 0.717) is 0 Å². The summed E-state index contributed by atoms with van der Waals surface area (Å²) in [6, 6.07) is 9.98. The standard InChI is InChI=1S/2C9H12O/c2*1-7-4-8(2)6-9(5-7)10-3/h2*4-6H,1-3H3/i1D3,2D3;. The number of ether oxygens (including phenoxy) is 2. The number of hydrogen-bond donors (Lipinski definition) is 0. The first-order chi connectivity index (χ1) is 11.9. The number of aryl methyl sites for hydroxylation is 4. The molecule has 0 bridgehead atoms. The van der Waals surface area contributed by atoms with Gasteiger partial charge in [0.25, 0.3) is 0 Å². The van der Waals surface area contributed by atoms with Gasteiger partial charge in [0.2, 0.25) is 0 Å². The van der Waals surface area contributed by atoms with Crippen LogP contribution in [0.4, 0.5) is 0 Å². The van der Waals surface area contributed by atoms with Crippen LogP contribution in [0.3, 0.4) is 0 Å². The van der Waals surface area contributed by atoms with Crippen LogP contribution in [0.5, 0.6) is 11.5 Å². The molecule has 0 amide bonds. The van der Waals surface area contributed by atoms with Gasteiger partial charge in [-0.3, -0.25) is 0 Å². The quantitative estimate of drug-likeness (QED) is 0.797. The van der Waals surface area contributed by atoms with Crippen molar-refractivity contribution in [3.8, 4) is 11.5 Å². The summed E-state index contributed by atoms with van der Waals surface area (Å²) in [4.78, 5) is 0. The van der Waals surface area contributed by atoms with E-state index in [4.69, 9.17) is 17.7 Å². The Morgan fingerprint density at radius 2 is 1.00 bits per heavy atom. The van der Waals surface area contributed by atoms with Crippen molar-refractivity contribution < 1.29 is 17.7 Å². The van der Waals surface area contributed by atoms with Crippen LogP contribution in [0, 0.1) is 27.6 Å². The summed E-state index contributed by atoms with van der Waals surface area (Å²) in [5, 5.41) is 0. The van der Waals surface area contributed by atoms with E-state index in [1.54, 1.807) is 7.11 Å². The van der Waals surface area contributed by atoms with Gasteiger partial charge < -0.3 is 9.47 Å². The molecule has 0 radical (unpaired) electrons. The van der Waals surface area contributed by atoms with Gasteiger partial charge in [-0.05, 0) is 74.1 Å². The van der Waals surface area contributed by atoms with Crippen molar-refractivity contribution in [2.45, 2.75) is 27.6 Å². The second kappa shape index (κ2) is 7.59. The third-order valence-corrected chi connectivity index (χ3v) is 2.57. The van der Waals surface area contributed by atoms with E-state index in [0.717, 1.165) is 5.75 Å². The van der Waals surface area contributed by atoms with E-state index in [-0.39, 0.29) is 16.9 Å². The third kappa shape index (κ3) is 5.35. The molecule has 0 spiro atoms. The number of benzene rings is 2. The predicted molar refractivity (Wildman–Crippen MR) is 84.9 cm³/mol. The van der Waals surface area contributed by atoms with Gasteiger partial charge in [0.15, 0.2) is 0 Å². The van der Waals surface area contributed by atoms with Gasteiger partial charge in [0.1, 0.15) is 11.5 Å². The first kappa shape index (κ1) is 9.06. The lowest BCUT2D eigenvalue weighted by molar-refractivity contribution is 0.414. The van der Waals surface area contributed by atoms with Crippen molar-refractivity contribution in [3.05, 3.63) is 58.7 Å². The summed E-state index contributed by atoms with van der Waals surface area (Å²) in [6.45, 7) is -0.547. The molecule has 0 aliphatic heterocycles. The van der Waals surface area contributed by atoms with E-state index < -0.39 is 13.7 Å². The minimum Gasteiger partial charge on any atom is -0.497 e. The van der Waals surface area contributed by atoms with Gasteiger partial charge in [0, 0.05) is 8.22 Å². The van der Waals surface area contributed by atoms with Gasteiger partial charge in [-0.15, -0.1) is 0 Å². The van der Waals surface area contributed by atoms with Crippen molar-refractivity contribution in [1.29, 1.82) is 0 Å². The van der Waals surface area contributed by atoms with Gasteiger partial charge in [-0.2, -0.15) is 0 Å². The normalized spacial score (nSPS) is 15.2.